The van der Waals surface area contributed by atoms with Gasteiger partial charge in [-0.2, -0.15) is 0 Å². The Balaban J connectivity index is 2.18. The molecule has 78 valence electrons. The first-order valence-electron chi connectivity index (χ1n) is 4.58. The zero-order valence-electron chi connectivity index (χ0n) is 8.20. The maximum atomic E-state index is 5.39. The van der Waals surface area contributed by atoms with Crippen molar-refractivity contribution in [3.05, 3.63) is 28.5 Å². The van der Waals surface area contributed by atoms with Crippen LogP contribution in [0.4, 0.5) is 0 Å². The maximum Gasteiger partial charge on any atom is 0.0733 e. The number of ether oxygens (including phenoxy) is 2. The molecule has 0 saturated carbocycles. The number of aromatic nitrogens is 1. The molecule has 0 spiro atoms. The van der Waals surface area contributed by atoms with Gasteiger partial charge in [-0.25, -0.2) is 0 Å². The molecule has 0 aliphatic heterocycles. The van der Waals surface area contributed by atoms with Crippen LogP contribution in [0.1, 0.15) is 12.5 Å². The van der Waals surface area contributed by atoms with E-state index in [9.17, 15) is 0 Å². The van der Waals surface area contributed by atoms with Crippen molar-refractivity contribution in [1.82, 2.24) is 4.98 Å². The molecule has 3 nitrogen and oxygen atoms in total. The van der Waals surface area contributed by atoms with Crippen LogP contribution in [0.25, 0.3) is 0 Å². The Kier molecular flexibility index (Phi) is 5.75. The summed E-state index contributed by atoms with van der Waals surface area (Å²) in [5.74, 6) is 0. The Hall–Kier alpha value is -0.450. The molecule has 0 N–H and O–H groups in total. The van der Waals surface area contributed by atoms with E-state index in [4.69, 9.17) is 9.47 Å². The summed E-state index contributed by atoms with van der Waals surface area (Å²) >= 11 is 3.35. The summed E-state index contributed by atoms with van der Waals surface area (Å²) in [7, 11) is 0. The quantitative estimate of drug-likeness (QED) is 0.736. The summed E-state index contributed by atoms with van der Waals surface area (Å²) < 4.78 is 11.5. The Labute approximate surface area is 92.6 Å². The molecule has 1 aromatic heterocycles. The average molecular weight is 260 g/mol. The van der Waals surface area contributed by atoms with Crippen LogP contribution in [-0.4, -0.2) is 24.8 Å². The van der Waals surface area contributed by atoms with Crippen molar-refractivity contribution in [2.75, 3.05) is 19.8 Å². The van der Waals surface area contributed by atoms with Crippen LogP contribution in [-0.2, 0) is 16.1 Å². The number of rotatable bonds is 6. The zero-order valence-corrected chi connectivity index (χ0v) is 9.79. The largest absolute Gasteiger partial charge is 0.379 e. The molecule has 1 heterocycles. The van der Waals surface area contributed by atoms with E-state index >= 15 is 0 Å². The van der Waals surface area contributed by atoms with Gasteiger partial charge >= 0.3 is 0 Å². The molecule has 14 heavy (non-hydrogen) atoms. The standard InChI is InChI=1S/C10H14BrNO2/c1-2-13-3-4-14-8-9-5-10(11)7-12-6-9/h5-7H,2-4,8H2,1H3. The summed E-state index contributed by atoms with van der Waals surface area (Å²) in [5.41, 5.74) is 1.07. The number of halogens is 1. The summed E-state index contributed by atoms with van der Waals surface area (Å²) in [4.78, 5) is 4.04. The fourth-order valence-corrected chi connectivity index (χ4v) is 1.40. The molecule has 1 rings (SSSR count). The molecule has 0 aliphatic carbocycles. The van der Waals surface area contributed by atoms with Gasteiger partial charge in [0.1, 0.15) is 0 Å². The fourth-order valence-electron chi connectivity index (χ4n) is 0.987. The topological polar surface area (TPSA) is 31.4 Å². The smallest absolute Gasteiger partial charge is 0.0733 e. The molecule has 0 bridgehead atoms. The summed E-state index contributed by atoms with van der Waals surface area (Å²) in [5, 5.41) is 0. The maximum absolute atomic E-state index is 5.39. The Morgan fingerprint density at radius 1 is 1.29 bits per heavy atom. The van der Waals surface area contributed by atoms with Gasteiger partial charge in [-0.15, -0.1) is 0 Å². The van der Waals surface area contributed by atoms with Crippen molar-refractivity contribution in [3.63, 3.8) is 0 Å². The van der Waals surface area contributed by atoms with Crippen molar-refractivity contribution in [1.29, 1.82) is 0 Å². The van der Waals surface area contributed by atoms with Crippen molar-refractivity contribution >= 4 is 15.9 Å². The SMILES string of the molecule is CCOCCOCc1cncc(Br)c1. The molecule has 0 atom stereocenters. The van der Waals surface area contributed by atoms with Crippen LogP contribution in [0.5, 0.6) is 0 Å². The van der Waals surface area contributed by atoms with E-state index in [1.54, 1.807) is 12.4 Å². The number of pyridine rings is 1. The third-order valence-corrected chi connectivity index (χ3v) is 2.04. The number of hydrogen-bond acceptors (Lipinski definition) is 3. The first kappa shape index (κ1) is 11.6. The summed E-state index contributed by atoms with van der Waals surface area (Å²) in [6.07, 6.45) is 3.55. The Bertz CT molecular complexity index is 268. The van der Waals surface area contributed by atoms with Gasteiger partial charge in [-0.05, 0) is 34.5 Å². The first-order valence-corrected chi connectivity index (χ1v) is 5.37. The van der Waals surface area contributed by atoms with Crippen LogP contribution >= 0.6 is 15.9 Å². The number of hydrogen-bond donors (Lipinski definition) is 0. The lowest BCUT2D eigenvalue weighted by Gasteiger charge is -2.04. The van der Waals surface area contributed by atoms with Crippen LogP contribution in [0.3, 0.4) is 0 Å². The van der Waals surface area contributed by atoms with Crippen molar-refractivity contribution in [3.8, 4) is 0 Å². The van der Waals surface area contributed by atoms with Crippen molar-refractivity contribution in [2.45, 2.75) is 13.5 Å². The highest BCUT2D eigenvalue weighted by atomic mass is 79.9. The van der Waals surface area contributed by atoms with E-state index in [2.05, 4.69) is 20.9 Å². The second-order valence-corrected chi connectivity index (χ2v) is 3.68. The summed E-state index contributed by atoms with van der Waals surface area (Å²) in [6, 6.07) is 1.99. The molecule has 0 aromatic carbocycles. The zero-order chi connectivity index (χ0) is 10.2. The second kappa shape index (κ2) is 6.92. The normalized spacial score (nSPS) is 10.4. The van der Waals surface area contributed by atoms with E-state index in [0.717, 1.165) is 16.6 Å². The molecule has 0 unspecified atom stereocenters. The minimum atomic E-state index is 0.583. The lowest BCUT2D eigenvalue weighted by Crippen LogP contribution is -2.04. The number of nitrogens with zero attached hydrogens (tertiary/aromatic N) is 1. The fraction of sp³-hybridized carbons (Fsp3) is 0.500. The molecule has 4 heteroatoms. The highest BCUT2D eigenvalue weighted by Gasteiger charge is 1.94. The monoisotopic (exact) mass is 259 g/mol. The minimum Gasteiger partial charge on any atom is -0.379 e. The minimum absolute atomic E-state index is 0.583. The van der Waals surface area contributed by atoms with E-state index in [1.165, 1.54) is 0 Å². The first-order chi connectivity index (χ1) is 6.83. The third-order valence-electron chi connectivity index (χ3n) is 1.61. The molecule has 0 saturated heterocycles. The predicted octanol–water partition coefficient (Wildman–Crippen LogP) is 2.40. The van der Waals surface area contributed by atoms with Gasteiger partial charge in [0.05, 0.1) is 19.8 Å². The molecule has 0 amide bonds. The van der Waals surface area contributed by atoms with Gasteiger partial charge < -0.3 is 9.47 Å². The van der Waals surface area contributed by atoms with E-state index in [-0.39, 0.29) is 0 Å². The molecule has 0 fully saturated rings. The average Bonchev–Trinajstić information content (AvgIpc) is 2.18. The molecule has 0 radical (unpaired) electrons. The highest BCUT2D eigenvalue weighted by Crippen LogP contribution is 2.09. The van der Waals surface area contributed by atoms with Crippen LogP contribution in [0.2, 0.25) is 0 Å². The predicted molar refractivity (Wildman–Crippen MR) is 58.1 cm³/mol. The molecule has 1 aromatic rings. The van der Waals surface area contributed by atoms with Gasteiger partial charge in [0.25, 0.3) is 0 Å². The van der Waals surface area contributed by atoms with Gasteiger partial charge in [-0.3, -0.25) is 4.98 Å². The van der Waals surface area contributed by atoms with Crippen molar-refractivity contribution in [2.24, 2.45) is 0 Å². The second-order valence-electron chi connectivity index (χ2n) is 2.76. The Morgan fingerprint density at radius 2 is 2.07 bits per heavy atom. The van der Waals surface area contributed by atoms with E-state index < -0.39 is 0 Å². The molecule has 0 aliphatic rings. The van der Waals surface area contributed by atoms with Crippen molar-refractivity contribution < 1.29 is 9.47 Å². The van der Waals surface area contributed by atoms with Crippen LogP contribution < -0.4 is 0 Å². The van der Waals surface area contributed by atoms with Gasteiger partial charge in [-0.1, -0.05) is 0 Å². The van der Waals surface area contributed by atoms with Crippen LogP contribution in [0, 0.1) is 0 Å². The Morgan fingerprint density at radius 3 is 2.79 bits per heavy atom. The van der Waals surface area contributed by atoms with Gasteiger partial charge in [0.15, 0.2) is 0 Å². The van der Waals surface area contributed by atoms with E-state index in [1.807, 2.05) is 13.0 Å². The lowest BCUT2D eigenvalue weighted by molar-refractivity contribution is 0.0452. The highest BCUT2D eigenvalue weighted by molar-refractivity contribution is 9.10. The molecular weight excluding hydrogens is 246 g/mol. The van der Waals surface area contributed by atoms with Gasteiger partial charge in [0.2, 0.25) is 0 Å². The van der Waals surface area contributed by atoms with Gasteiger partial charge in [0, 0.05) is 23.5 Å². The molecular formula is C10H14BrNO2. The third kappa shape index (κ3) is 4.69. The lowest BCUT2D eigenvalue weighted by atomic mass is 10.3. The van der Waals surface area contributed by atoms with E-state index in [0.29, 0.717) is 19.8 Å². The summed E-state index contributed by atoms with van der Waals surface area (Å²) in [6.45, 7) is 4.57. The van der Waals surface area contributed by atoms with Crippen LogP contribution in [0.15, 0.2) is 22.9 Å².